The second-order valence-corrected chi connectivity index (χ2v) is 4.15. The zero-order valence-corrected chi connectivity index (χ0v) is 8.67. The van der Waals surface area contributed by atoms with Crippen molar-refractivity contribution in [3.63, 3.8) is 0 Å². The number of rotatable bonds is 2. The van der Waals surface area contributed by atoms with Crippen molar-refractivity contribution in [1.82, 2.24) is 5.32 Å². The van der Waals surface area contributed by atoms with E-state index in [0.29, 0.717) is 5.92 Å². The van der Waals surface area contributed by atoms with Gasteiger partial charge in [0.15, 0.2) is 0 Å². The molecule has 1 saturated heterocycles. The molecule has 1 fully saturated rings. The van der Waals surface area contributed by atoms with Gasteiger partial charge in [-0.3, -0.25) is 0 Å². The molecule has 1 aliphatic rings. The molecule has 0 aliphatic carbocycles. The lowest BCUT2D eigenvalue weighted by Gasteiger charge is -2.17. The molecule has 14 heavy (non-hydrogen) atoms. The van der Waals surface area contributed by atoms with Gasteiger partial charge < -0.3 is 10.4 Å². The van der Waals surface area contributed by atoms with Crippen LogP contribution in [-0.2, 0) is 0 Å². The molecule has 1 aromatic carbocycles. The van der Waals surface area contributed by atoms with E-state index in [2.05, 4.69) is 5.32 Å². The molecule has 0 unspecified atom stereocenters. The molecular formula is C11H14ClNO. The lowest BCUT2D eigenvalue weighted by atomic mass is 9.95. The van der Waals surface area contributed by atoms with E-state index in [4.69, 9.17) is 11.6 Å². The summed E-state index contributed by atoms with van der Waals surface area (Å²) >= 11 is 5.82. The number of aliphatic hydroxyl groups excluding tert-OH is 1. The summed E-state index contributed by atoms with van der Waals surface area (Å²) < 4.78 is 0. The van der Waals surface area contributed by atoms with Crippen LogP contribution in [0, 0.1) is 5.92 Å². The van der Waals surface area contributed by atoms with Crippen molar-refractivity contribution < 1.29 is 5.11 Å². The Morgan fingerprint density at radius 1 is 1.36 bits per heavy atom. The molecule has 0 radical (unpaired) electrons. The molecule has 0 saturated carbocycles. The van der Waals surface area contributed by atoms with Gasteiger partial charge in [-0.15, -0.1) is 0 Å². The van der Waals surface area contributed by atoms with E-state index in [1.54, 1.807) is 0 Å². The fraction of sp³-hybridized carbons (Fsp3) is 0.455. The second kappa shape index (κ2) is 4.30. The Hall–Kier alpha value is -0.570. The third-order valence-electron chi connectivity index (χ3n) is 2.81. The van der Waals surface area contributed by atoms with Crippen LogP contribution in [0.1, 0.15) is 18.0 Å². The van der Waals surface area contributed by atoms with Gasteiger partial charge in [0.2, 0.25) is 0 Å². The minimum absolute atomic E-state index is 0.250. The molecule has 2 atom stereocenters. The Kier molecular flexibility index (Phi) is 3.06. The van der Waals surface area contributed by atoms with E-state index < -0.39 is 0 Å². The Labute approximate surface area is 88.9 Å². The minimum atomic E-state index is 0.250. The quantitative estimate of drug-likeness (QED) is 0.784. The first-order chi connectivity index (χ1) is 6.81. The number of nitrogens with one attached hydrogen (secondary N) is 1. The van der Waals surface area contributed by atoms with E-state index in [-0.39, 0.29) is 12.6 Å². The summed E-state index contributed by atoms with van der Waals surface area (Å²) in [6, 6.07) is 8.12. The highest BCUT2D eigenvalue weighted by Gasteiger charge is 2.26. The average molecular weight is 212 g/mol. The first-order valence-electron chi connectivity index (χ1n) is 4.91. The van der Waals surface area contributed by atoms with Crippen molar-refractivity contribution in [2.45, 2.75) is 12.5 Å². The Morgan fingerprint density at radius 3 is 2.71 bits per heavy atom. The van der Waals surface area contributed by atoms with Crippen LogP contribution in [-0.4, -0.2) is 18.3 Å². The first-order valence-corrected chi connectivity index (χ1v) is 5.29. The predicted octanol–water partition coefficient (Wildman–Crippen LogP) is 1.98. The SMILES string of the molecule is OC[C@@H]1CCN[C@@H]1c1ccc(Cl)cc1. The van der Waals surface area contributed by atoms with E-state index >= 15 is 0 Å². The largest absolute Gasteiger partial charge is 0.396 e. The van der Waals surface area contributed by atoms with Crippen molar-refractivity contribution in [3.05, 3.63) is 34.9 Å². The van der Waals surface area contributed by atoms with E-state index in [1.807, 2.05) is 24.3 Å². The van der Waals surface area contributed by atoms with Crippen LogP contribution in [0.5, 0.6) is 0 Å². The molecule has 2 rings (SSSR count). The molecule has 1 aromatic rings. The highest BCUT2D eigenvalue weighted by atomic mass is 35.5. The highest BCUT2D eigenvalue weighted by molar-refractivity contribution is 6.30. The van der Waals surface area contributed by atoms with Gasteiger partial charge >= 0.3 is 0 Å². The number of hydrogen-bond donors (Lipinski definition) is 2. The summed E-state index contributed by atoms with van der Waals surface area (Å²) in [5.41, 5.74) is 1.21. The number of aliphatic hydroxyl groups is 1. The van der Waals surface area contributed by atoms with Crippen molar-refractivity contribution >= 4 is 11.6 Å². The van der Waals surface area contributed by atoms with Crippen LogP contribution >= 0.6 is 11.6 Å². The predicted molar refractivity (Wildman–Crippen MR) is 57.4 cm³/mol. The van der Waals surface area contributed by atoms with Crippen LogP contribution in [0.4, 0.5) is 0 Å². The smallest absolute Gasteiger partial charge is 0.0477 e. The van der Waals surface area contributed by atoms with Gasteiger partial charge in [-0.2, -0.15) is 0 Å². The zero-order valence-electron chi connectivity index (χ0n) is 7.91. The molecule has 76 valence electrons. The summed E-state index contributed by atoms with van der Waals surface area (Å²) in [5.74, 6) is 0.344. The summed E-state index contributed by atoms with van der Waals surface area (Å²) in [5, 5.41) is 13.3. The van der Waals surface area contributed by atoms with Gasteiger partial charge in [0, 0.05) is 23.6 Å². The second-order valence-electron chi connectivity index (χ2n) is 3.71. The van der Waals surface area contributed by atoms with Crippen LogP contribution < -0.4 is 5.32 Å². The van der Waals surface area contributed by atoms with Gasteiger partial charge in [0.1, 0.15) is 0 Å². The first kappa shape index (κ1) is 9.97. The van der Waals surface area contributed by atoms with Crippen molar-refractivity contribution in [1.29, 1.82) is 0 Å². The number of benzene rings is 1. The minimum Gasteiger partial charge on any atom is -0.396 e. The normalized spacial score (nSPS) is 26.7. The maximum atomic E-state index is 9.19. The molecule has 0 spiro atoms. The van der Waals surface area contributed by atoms with Crippen LogP contribution in [0.25, 0.3) is 0 Å². The standard InChI is InChI=1S/C11H14ClNO/c12-10-3-1-8(2-4-10)11-9(7-14)5-6-13-11/h1-4,9,11,13-14H,5-7H2/t9-,11+/m0/s1. The molecule has 2 N–H and O–H groups in total. The topological polar surface area (TPSA) is 32.3 Å². The maximum absolute atomic E-state index is 9.19. The highest BCUT2D eigenvalue weighted by Crippen LogP contribution is 2.29. The number of halogens is 1. The van der Waals surface area contributed by atoms with E-state index in [1.165, 1.54) is 5.56 Å². The summed E-state index contributed by atoms with van der Waals surface area (Å²) in [6.45, 7) is 1.23. The third-order valence-corrected chi connectivity index (χ3v) is 3.07. The van der Waals surface area contributed by atoms with Crippen LogP contribution in [0.2, 0.25) is 5.02 Å². The van der Waals surface area contributed by atoms with Crippen molar-refractivity contribution in [3.8, 4) is 0 Å². The van der Waals surface area contributed by atoms with Gasteiger partial charge in [0.05, 0.1) is 0 Å². The van der Waals surface area contributed by atoms with Gasteiger partial charge in [-0.1, -0.05) is 23.7 Å². The fourth-order valence-corrected chi connectivity index (χ4v) is 2.14. The summed E-state index contributed by atoms with van der Waals surface area (Å²) in [6.07, 6.45) is 1.05. The van der Waals surface area contributed by atoms with Crippen LogP contribution in [0.15, 0.2) is 24.3 Å². The van der Waals surface area contributed by atoms with Gasteiger partial charge in [-0.25, -0.2) is 0 Å². The fourth-order valence-electron chi connectivity index (χ4n) is 2.01. The monoisotopic (exact) mass is 211 g/mol. The van der Waals surface area contributed by atoms with E-state index in [9.17, 15) is 5.11 Å². The van der Waals surface area contributed by atoms with Crippen molar-refractivity contribution in [2.24, 2.45) is 5.92 Å². The molecule has 0 bridgehead atoms. The summed E-state index contributed by atoms with van der Waals surface area (Å²) in [7, 11) is 0. The molecule has 0 aromatic heterocycles. The van der Waals surface area contributed by atoms with E-state index in [0.717, 1.165) is 18.0 Å². The molecule has 3 heteroatoms. The Morgan fingerprint density at radius 2 is 2.07 bits per heavy atom. The molecule has 0 amide bonds. The third kappa shape index (κ3) is 1.92. The lowest BCUT2D eigenvalue weighted by Crippen LogP contribution is -2.19. The van der Waals surface area contributed by atoms with Gasteiger partial charge in [0.25, 0.3) is 0 Å². The Balaban J connectivity index is 2.17. The molecule has 1 aliphatic heterocycles. The molecular weight excluding hydrogens is 198 g/mol. The molecule has 2 nitrogen and oxygen atoms in total. The van der Waals surface area contributed by atoms with Crippen LogP contribution in [0.3, 0.4) is 0 Å². The Bertz CT molecular complexity index is 299. The lowest BCUT2D eigenvalue weighted by molar-refractivity contribution is 0.214. The van der Waals surface area contributed by atoms with Crippen molar-refractivity contribution in [2.75, 3.05) is 13.2 Å². The van der Waals surface area contributed by atoms with Gasteiger partial charge in [-0.05, 0) is 30.7 Å². The maximum Gasteiger partial charge on any atom is 0.0477 e. The average Bonchev–Trinajstić information content (AvgIpc) is 2.67. The molecule has 1 heterocycles. The number of hydrogen-bond acceptors (Lipinski definition) is 2. The summed E-state index contributed by atoms with van der Waals surface area (Å²) in [4.78, 5) is 0. The zero-order chi connectivity index (χ0) is 9.97.